The van der Waals surface area contributed by atoms with E-state index >= 15 is 0 Å². The summed E-state index contributed by atoms with van der Waals surface area (Å²) in [6.07, 6.45) is 0. The van der Waals surface area contributed by atoms with Crippen LogP contribution in [0.4, 0.5) is 0 Å². The van der Waals surface area contributed by atoms with Crippen LogP contribution in [-0.4, -0.2) is 37.0 Å². The predicted octanol–water partition coefficient (Wildman–Crippen LogP) is 0.260. The van der Waals surface area contributed by atoms with Crippen molar-refractivity contribution in [3.8, 4) is 0 Å². The second-order valence-electron chi connectivity index (χ2n) is 4.90. The molecule has 0 fully saturated rings. The van der Waals surface area contributed by atoms with E-state index in [-0.39, 0.29) is 29.8 Å². The number of nitrogens with one attached hydrogen (secondary N) is 3. The van der Waals surface area contributed by atoms with Gasteiger partial charge in [0.25, 0.3) is 0 Å². The fourth-order valence-electron chi connectivity index (χ4n) is 1.55. The number of carbonyl (C=O) groups is 2. The van der Waals surface area contributed by atoms with E-state index in [2.05, 4.69) is 16.0 Å². The molecule has 0 rings (SSSR count). The molecule has 0 aliphatic heterocycles. The van der Waals surface area contributed by atoms with E-state index in [0.717, 1.165) is 0 Å². The highest BCUT2D eigenvalue weighted by atomic mass is 16.2. The van der Waals surface area contributed by atoms with Gasteiger partial charge >= 0.3 is 0 Å². The predicted molar refractivity (Wildman–Crippen MR) is 68.6 cm³/mol. The number of hydrogen-bond acceptors (Lipinski definition) is 3. The SMILES string of the molecule is CNC(C(=O)NC(C)C(=O)NC(C)C)C(C)C. The third kappa shape index (κ3) is 5.68. The van der Waals surface area contributed by atoms with Crippen molar-refractivity contribution in [2.24, 2.45) is 5.92 Å². The molecule has 100 valence electrons. The highest BCUT2D eigenvalue weighted by Crippen LogP contribution is 2.01. The third-order valence-corrected chi connectivity index (χ3v) is 2.44. The molecule has 0 aliphatic rings. The Hall–Kier alpha value is -1.10. The lowest BCUT2D eigenvalue weighted by atomic mass is 10.0. The smallest absolute Gasteiger partial charge is 0.242 e. The van der Waals surface area contributed by atoms with Gasteiger partial charge in [-0.2, -0.15) is 0 Å². The summed E-state index contributed by atoms with van der Waals surface area (Å²) in [5, 5.41) is 8.41. The molecule has 3 N–H and O–H groups in total. The van der Waals surface area contributed by atoms with E-state index in [1.165, 1.54) is 0 Å². The number of amides is 2. The highest BCUT2D eigenvalue weighted by molar-refractivity contribution is 5.89. The Morgan fingerprint density at radius 1 is 0.882 bits per heavy atom. The van der Waals surface area contributed by atoms with Gasteiger partial charge in [-0.25, -0.2) is 0 Å². The first-order valence-corrected chi connectivity index (χ1v) is 6.07. The van der Waals surface area contributed by atoms with E-state index in [4.69, 9.17) is 0 Å². The van der Waals surface area contributed by atoms with Crippen molar-refractivity contribution in [3.05, 3.63) is 0 Å². The van der Waals surface area contributed by atoms with Crippen molar-refractivity contribution in [2.75, 3.05) is 7.05 Å². The van der Waals surface area contributed by atoms with Gasteiger partial charge in [-0.15, -0.1) is 0 Å². The van der Waals surface area contributed by atoms with Gasteiger partial charge in [0.1, 0.15) is 6.04 Å². The van der Waals surface area contributed by atoms with E-state index in [0.29, 0.717) is 0 Å². The molecule has 17 heavy (non-hydrogen) atoms. The second kappa shape index (κ2) is 7.27. The summed E-state index contributed by atoms with van der Waals surface area (Å²) in [6.45, 7) is 9.37. The zero-order chi connectivity index (χ0) is 13.6. The summed E-state index contributed by atoms with van der Waals surface area (Å²) in [5.41, 5.74) is 0. The normalized spacial score (nSPS) is 14.6. The van der Waals surface area contributed by atoms with Crippen LogP contribution in [0.15, 0.2) is 0 Å². The van der Waals surface area contributed by atoms with Crippen molar-refractivity contribution in [3.63, 3.8) is 0 Å². The molecule has 0 aromatic rings. The monoisotopic (exact) mass is 243 g/mol. The van der Waals surface area contributed by atoms with Gasteiger partial charge in [-0.1, -0.05) is 13.8 Å². The first kappa shape index (κ1) is 15.9. The van der Waals surface area contributed by atoms with Crippen molar-refractivity contribution >= 4 is 11.8 Å². The van der Waals surface area contributed by atoms with Gasteiger partial charge in [-0.05, 0) is 33.7 Å². The van der Waals surface area contributed by atoms with Crippen molar-refractivity contribution in [2.45, 2.75) is 52.7 Å². The van der Waals surface area contributed by atoms with Crippen LogP contribution < -0.4 is 16.0 Å². The van der Waals surface area contributed by atoms with Crippen LogP contribution in [-0.2, 0) is 9.59 Å². The van der Waals surface area contributed by atoms with Gasteiger partial charge < -0.3 is 16.0 Å². The van der Waals surface area contributed by atoms with Crippen molar-refractivity contribution in [1.82, 2.24) is 16.0 Å². The van der Waals surface area contributed by atoms with Crippen LogP contribution in [0, 0.1) is 5.92 Å². The number of carbonyl (C=O) groups excluding carboxylic acids is 2. The number of rotatable bonds is 6. The van der Waals surface area contributed by atoms with Crippen LogP contribution in [0.25, 0.3) is 0 Å². The Balaban J connectivity index is 4.32. The van der Waals surface area contributed by atoms with Crippen LogP contribution >= 0.6 is 0 Å². The minimum Gasteiger partial charge on any atom is -0.352 e. The first-order chi connectivity index (χ1) is 7.79. The molecule has 0 radical (unpaired) electrons. The first-order valence-electron chi connectivity index (χ1n) is 6.07. The summed E-state index contributed by atoms with van der Waals surface area (Å²) in [7, 11) is 1.74. The van der Waals surface area contributed by atoms with Crippen LogP contribution in [0.2, 0.25) is 0 Å². The molecule has 0 heterocycles. The lowest BCUT2D eigenvalue weighted by Gasteiger charge is -2.22. The zero-order valence-electron chi connectivity index (χ0n) is 11.6. The highest BCUT2D eigenvalue weighted by Gasteiger charge is 2.23. The average molecular weight is 243 g/mol. The lowest BCUT2D eigenvalue weighted by Crippen LogP contribution is -2.53. The second-order valence-corrected chi connectivity index (χ2v) is 4.90. The molecular formula is C12H25N3O2. The molecule has 0 saturated carbocycles. The minimum absolute atomic E-state index is 0.0760. The summed E-state index contributed by atoms with van der Waals surface area (Å²) in [6, 6.07) is -0.712. The molecule has 5 nitrogen and oxygen atoms in total. The van der Waals surface area contributed by atoms with Crippen LogP contribution in [0.5, 0.6) is 0 Å². The van der Waals surface area contributed by atoms with Crippen LogP contribution in [0.3, 0.4) is 0 Å². The summed E-state index contributed by atoms with van der Waals surface area (Å²) < 4.78 is 0. The largest absolute Gasteiger partial charge is 0.352 e. The molecule has 2 amide bonds. The van der Waals surface area contributed by atoms with E-state index in [1.54, 1.807) is 14.0 Å². The van der Waals surface area contributed by atoms with Gasteiger partial charge in [0.2, 0.25) is 11.8 Å². The quantitative estimate of drug-likeness (QED) is 0.627. The lowest BCUT2D eigenvalue weighted by molar-refractivity contribution is -0.130. The molecule has 0 aromatic carbocycles. The molecule has 0 bridgehead atoms. The van der Waals surface area contributed by atoms with Crippen molar-refractivity contribution < 1.29 is 9.59 Å². The Morgan fingerprint density at radius 2 is 1.41 bits per heavy atom. The maximum absolute atomic E-state index is 11.9. The van der Waals surface area contributed by atoms with Gasteiger partial charge in [0.15, 0.2) is 0 Å². The standard InChI is InChI=1S/C12H25N3O2/c1-7(2)10(13-6)12(17)15-9(5)11(16)14-8(3)4/h7-10,13H,1-6H3,(H,14,16)(H,15,17). The van der Waals surface area contributed by atoms with Crippen molar-refractivity contribution in [1.29, 1.82) is 0 Å². The van der Waals surface area contributed by atoms with E-state index in [1.807, 2.05) is 27.7 Å². The minimum atomic E-state index is -0.514. The van der Waals surface area contributed by atoms with Gasteiger partial charge in [0.05, 0.1) is 6.04 Å². The Kier molecular flexibility index (Phi) is 6.80. The maximum Gasteiger partial charge on any atom is 0.242 e. The Bertz CT molecular complexity index is 264. The van der Waals surface area contributed by atoms with Gasteiger partial charge in [0, 0.05) is 6.04 Å². The zero-order valence-corrected chi connectivity index (χ0v) is 11.6. The number of likely N-dealkylation sites (N-methyl/N-ethyl adjacent to an activating group) is 1. The van der Waals surface area contributed by atoms with Gasteiger partial charge in [-0.3, -0.25) is 9.59 Å². The fourth-order valence-corrected chi connectivity index (χ4v) is 1.55. The molecule has 5 heteroatoms. The number of hydrogen-bond donors (Lipinski definition) is 3. The summed E-state index contributed by atoms with van der Waals surface area (Å²) >= 11 is 0. The van der Waals surface area contributed by atoms with Crippen LogP contribution in [0.1, 0.15) is 34.6 Å². The molecule has 0 spiro atoms. The average Bonchev–Trinajstić information content (AvgIpc) is 2.16. The maximum atomic E-state index is 11.9. The Morgan fingerprint density at radius 3 is 1.76 bits per heavy atom. The molecule has 0 saturated heterocycles. The molecule has 0 aliphatic carbocycles. The molecule has 0 aromatic heterocycles. The topological polar surface area (TPSA) is 70.2 Å². The molecular weight excluding hydrogens is 218 g/mol. The van der Waals surface area contributed by atoms with E-state index in [9.17, 15) is 9.59 Å². The molecule has 2 unspecified atom stereocenters. The third-order valence-electron chi connectivity index (χ3n) is 2.44. The summed E-state index contributed by atoms with van der Waals surface area (Å²) in [4.78, 5) is 23.5. The fraction of sp³-hybridized carbons (Fsp3) is 0.833. The summed E-state index contributed by atoms with van der Waals surface area (Å²) in [5.74, 6) is -0.124. The molecule has 2 atom stereocenters. The van der Waals surface area contributed by atoms with E-state index < -0.39 is 6.04 Å². The Labute approximate surface area is 104 Å².